The van der Waals surface area contributed by atoms with Gasteiger partial charge in [0.15, 0.2) is 0 Å². The van der Waals surface area contributed by atoms with Gasteiger partial charge < -0.3 is 15.0 Å². The summed E-state index contributed by atoms with van der Waals surface area (Å²) in [5.41, 5.74) is 0.554. The summed E-state index contributed by atoms with van der Waals surface area (Å²) >= 11 is 0. The molecule has 0 saturated carbocycles. The van der Waals surface area contributed by atoms with Crippen LogP contribution in [0.1, 0.15) is 39.4 Å². The van der Waals surface area contributed by atoms with Crippen LogP contribution in [-0.2, 0) is 17.5 Å². The average molecular weight is 404 g/mol. The first-order valence-corrected chi connectivity index (χ1v) is 9.30. The number of carbonyl (C=O) groups excluding carboxylic acids is 2. The molecule has 0 spiro atoms. The van der Waals surface area contributed by atoms with Crippen molar-refractivity contribution in [2.24, 2.45) is 0 Å². The fourth-order valence-electron chi connectivity index (χ4n) is 3.92. The third-order valence-corrected chi connectivity index (χ3v) is 5.42. The molecule has 0 unspecified atom stereocenters. The Labute approximate surface area is 165 Å². The Kier molecular flexibility index (Phi) is 4.94. The van der Waals surface area contributed by atoms with Gasteiger partial charge in [0.05, 0.1) is 5.56 Å². The number of hydrogen-bond donors (Lipinski definition) is 1. The Bertz CT molecular complexity index is 931. The van der Waals surface area contributed by atoms with Crippen molar-refractivity contribution < 1.29 is 27.5 Å². The van der Waals surface area contributed by atoms with Crippen molar-refractivity contribution in [3.63, 3.8) is 0 Å². The molecule has 2 atom stereocenters. The molecule has 4 rings (SSSR count). The molecule has 5 nitrogen and oxygen atoms in total. The van der Waals surface area contributed by atoms with Gasteiger partial charge in [-0.05, 0) is 29.7 Å². The van der Waals surface area contributed by atoms with E-state index < -0.39 is 23.7 Å². The number of alkyl halides is 3. The molecule has 29 heavy (non-hydrogen) atoms. The molecule has 2 aliphatic rings. The third-order valence-electron chi connectivity index (χ3n) is 5.42. The second-order valence-electron chi connectivity index (χ2n) is 7.26. The number of carbonyl (C=O) groups is 2. The van der Waals surface area contributed by atoms with Crippen LogP contribution in [0.4, 0.5) is 18.0 Å². The summed E-state index contributed by atoms with van der Waals surface area (Å²) < 4.78 is 44.4. The standard InChI is InChI=1S/C21H19F3N2O3/c22-21(23,24)14-6-7-15-16(10-14)19(27)25-18-8-9-26(11-17(15)18)20(28)29-12-13-4-2-1-3-5-13/h1-7,10,17-18H,8-9,11-12H2,(H,25,27)/t17-,18+/m1/s1. The monoisotopic (exact) mass is 404 g/mol. The molecular formula is C21H19F3N2O3. The van der Waals surface area contributed by atoms with Crippen LogP contribution >= 0.6 is 0 Å². The summed E-state index contributed by atoms with van der Waals surface area (Å²) in [5, 5.41) is 2.79. The lowest BCUT2D eigenvalue weighted by Gasteiger charge is -2.41. The first kappa shape index (κ1) is 19.3. The number of piperidine rings is 1. The van der Waals surface area contributed by atoms with Crippen LogP contribution in [-0.4, -0.2) is 36.0 Å². The van der Waals surface area contributed by atoms with Crippen LogP contribution in [0.15, 0.2) is 48.5 Å². The maximum absolute atomic E-state index is 13.0. The number of fused-ring (bicyclic) bond motifs is 3. The second-order valence-corrected chi connectivity index (χ2v) is 7.26. The Balaban J connectivity index is 1.50. The van der Waals surface area contributed by atoms with E-state index in [0.29, 0.717) is 18.5 Å². The average Bonchev–Trinajstić information content (AvgIpc) is 2.72. The van der Waals surface area contributed by atoms with Crippen molar-refractivity contribution in [2.45, 2.75) is 31.2 Å². The maximum Gasteiger partial charge on any atom is 0.416 e. The number of amides is 2. The van der Waals surface area contributed by atoms with Gasteiger partial charge in [0.2, 0.25) is 0 Å². The highest BCUT2D eigenvalue weighted by atomic mass is 19.4. The number of ether oxygens (including phenoxy) is 1. The zero-order valence-electron chi connectivity index (χ0n) is 15.4. The predicted molar refractivity (Wildman–Crippen MR) is 98.3 cm³/mol. The number of nitrogens with one attached hydrogen (secondary N) is 1. The molecule has 0 radical (unpaired) electrons. The highest BCUT2D eigenvalue weighted by Crippen LogP contribution is 2.37. The number of halogens is 3. The molecule has 0 bridgehead atoms. The van der Waals surface area contributed by atoms with E-state index in [0.717, 1.165) is 17.7 Å². The summed E-state index contributed by atoms with van der Waals surface area (Å²) in [5.74, 6) is -0.782. The van der Waals surface area contributed by atoms with Crippen LogP contribution in [0.5, 0.6) is 0 Å². The van der Waals surface area contributed by atoms with E-state index in [1.807, 2.05) is 30.3 Å². The molecule has 2 aromatic carbocycles. The lowest BCUT2D eigenvalue weighted by atomic mass is 9.80. The minimum atomic E-state index is -4.52. The van der Waals surface area contributed by atoms with E-state index in [1.54, 1.807) is 4.90 Å². The number of rotatable bonds is 2. The molecule has 1 saturated heterocycles. The Morgan fingerprint density at radius 1 is 1.17 bits per heavy atom. The third kappa shape index (κ3) is 3.92. The van der Waals surface area contributed by atoms with Crippen LogP contribution in [0.2, 0.25) is 0 Å². The van der Waals surface area contributed by atoms with E-state index in [2.05, 4.69) is 5.32 Å². The highest BCUT2D eigenvalue weighted by Gasteiger charge is 2.41. The van der Waals surface area contributed by atoms with E-state index in [9.17, 15) is 22.8 Å². The largest absolute Gasteiger partial charge is 0.445 e. The molecule has 152 valence electrons. The van der Waals surface area contributed by atoms with Crippen molar-refractivity contribution in [1.29, 1.82) is 0 Å². The van der Waals surface area contributed by atoms with Crippen molar-refractivity contribution >= 4 is 12.0 Å². The van der Waals surface area contributed by atoms with Crippen molar-refractivity contribution in [2.75, 3.05) is 13.1 Å². The fraction of sp³-hybridized carbons (Fsp3) is 0.333. The molecule has 2 aliphatic heterocycles. The maximum atomic E-state index is 13.0. The number of likely N-dealkylation sites (tertiary alicyclic amines) is 1. The first-order valence-electron chi connectivity index (χ1n) is 9.30. The van der Waals surface area contributed by atoms with Crippen molar-refractivity contribution in [3.8, 4) is 0 Å². The molecule has 2 amide bonds. The summed E-state index contributed by atoms with van der Waals surface area (Å²) in [6.45, 7) is 0.828. The van der Waals surface area contributed by atoms with E-state index in [4.69, 9.17) is 4.74 Å². The minimum absolute atomic E-state index is 0.0144. The Morgan fingerprint density at radius 3 is 2.66 bits per heavy atom. The summed E-state index contributed by atoms with van der Waals surface area (Å²) in [7, 11) is 0. The van der Waals surface area contributed by atoms with Crippen molar-refractivity contribution in [3.05, 3.63) is 70.8 Å². The zero-order chi connectivity index (χ0) is 20.6. The quantitative estimate of drug-likeness (QED) is 0.825. The van der Waals surface area contributed by atoms with Gasteiger partial charge in [0.25, 0.3) is 5.91 Å². The summed E-state index contributed by atoms with van der Waals surface area (Å²) in [4.78, 5) is 26.3. The normalized spacial score (nSPS) is 21.1. The van der Waals surface area contributed by atoms with Crippen LogP contribution < -0.4 is 5.32 Å². The summed E-state index contributed by atoms with van der Waals surface area (Å²) in [6, 6.07) is 12.3. The lowest BCUT2D eigenvalue weighted by molar-refractivity contribution is -0.137. The van der Waals surface area contributed by atoms with Gasteiger partial charge in [0.1, 0.15) is 6.61 Å². The molecule has 1 fully saturated rings. The highest BCUT2D eigenvalue weighted by molar-refractivity contribution is 5.97. The van der Waals surface area contributed by atoms with Crippen LogP contribution in [0, 0.1) is 0 Å². The van der Waals surface area contributed by atoms with E-state index in [-0.39, 0.29) is 30.7 Å². The topological polar surface area (TPSA) is 58.6 Å². The van der Waals surface area contributed by atoms with Crippen LogP contribution in [0.3, 0.4) is 0 Å². The fourth-order valence-corrected chi connectivity index (χ4v) is 3.92. The van der Waals surface area contributed by atoms with E-state index >= 15 is 0 Å². The van der Waals surface area contributed by atoms with Gasteiger partial charge in [0, 0.05) is 30.6 Å². The van der Waals surface area contributed by atoms with Gasteiger partial charge >= 0.3 is 12.3 Å². The lowest BCUT2D eigenvalue weighted by Crippen LogP contribution is -2.54. The van der Waals surface area contributed by atoms with Gasteiger partial charge in [-0.2, -0.15) is 13.2 Å². The Hall–Kier alpha value is -3.03. The zero-order valence-corrected chi connectivity index (χ0v) is 15.4. The van der Waals surface area contributed by atoms with Gasteiger partial charge in [-0.3, -0.25) is 4.79 Å². The van der Waals surface area contributed by atoms with Crippen LogP contribution in [0.25, 0.3) is 0 Å². The number of nitrogens with zero attached hydrogens (tertiary/aromatic N) is 1. The molecule has 2 heterocycles. The SMILES string of the molecule is O=C1N[C@H]2CCN(C(=O)OCc3ccccc3)C[C@@H]2c2ccc(C(F)(F)F)cc21. The molecular weight excluding hydrogens is 385 g/mol. The molecule has 1 N–H and O–H groups in total. The molecule has 0 aromatic heterocycles. The number of benzene rings is 2. The Morgan fingerprint density at radius 2 is 1.93 bits per heavy atom. The second kappa shape index (κ2) is 7.42. The molecule has 2 aromatic rings. The molecule has 8 heteroatoms. The van der Waals surface area contributed by atoms with Crippen molar-refractivity contribution in [1.82, 2.24) is 10.2 Å². The molecule has 0 aliphatic carbocycles. The van der Waals surface area contributed by atoms with Gasteiger partial charge in [-0.25, -0.2) is 4.79 Å². The smallest absolute Gasteiger partial charge is 0.416 e. The van der Waals surface area contributed by atoms with Gasteiger partial charge in [-0.1, -0.05) is 36.4 Å². The minimum Gasteiger partial charge on any atom is -0.445 e. The summed E-state index contributed by atoms with van der Waals surface area (Å²) in [6.07, 6.45) is -4.48. The number of hydrogen-bond acceptors (Lipinski definition) is 3. The first-order chi connectivity index (χ1) is 13.8. The van der Waals surface area contributed by atoms with Gasteiger partial charge in [-0.15, -0.1) is 0 Å². The predicted octanol–water partition coefficient (Wildman–Crippen LogP) is 3.94. The van der Waals surface area contributed by atoms with E-state index in [1.165, 1.54) is 6.07 Å².